The minimum Gasteiger partial charge on any atom is -0.443 e. The first kappa shape index (κ1) is 25.0. The van der Waals surface area contributed by atoms with E-state index >= 15 is 0 Å². The fourth-order valence-corrected chi connectivity index (χ4v) is 6.25. The molecule has 0 bridgehead atoms. The van der Waals surface area contributed by atoms with E-state index in [0.29, 0.717) is 35.3 Å². The number of rotatable bonds is 8. The molecule has 1 aliphatic rings. The average Bonchev–Trinajstić information content (AvgIpc) is 3.57. The molecule has 192 valence electrons. The van der Waals surface area contributed by atoms with Crippen molar-refractivity contribution < 1.29 is 22.0 Å². The van der Waals surface area contributed by atoms with Crippen molar-refractivity contribution in [3.05, 3.63) is 72.3 Å². The van der Waals surface area contributed by atoms with E-state index in [9.17, 15) is 17.6 Å². The number of para-hydroxylation sites is 1. The van der Waals surface area contributed by atoms with E-state index < -0.39 is 21.9 Å². The number of aryl methyl sites for hydroxylation is 1. The zero-order valence-electron chi connectivity index (χ0n) is 20.6. The Labute approximate surface area is 214 Å². The van der Waals surface area contributed by atoms with Gasteiger partial charge in [-0.15, -0.1) is 0 Å². The van der Waals surface area contributed by atoms with Crippen molar-refractivity contribution in [1.29, 1.82) is 0 Å². The molecule has 0 amide bonds. The highest BCUT2D eigenvalue weighted by Gasteiger charge is 2.40. The Hall–Kier alpha value is -3.63. The molecule has 1 atom stereocenters. The van der Waals surface area contributed by atoms with Gasteiger partial charge in [0.1, 0.15) is 11.4 Å². The summed E-state index contributed by atoms with van der Waals surface area (Å²) in [7, 11) is -0.299. The Kier molecular flexibility index (Phi) is 6.78. The predicted molar refractivity (Wildman–Crippen MR) is 138 cm³/mol. The first-order valence-corrected chi connectivity index (χ1v) is 13.5. The van der Waals surface area contributed by atoms with Gasteiger partial charge in [-0.05, 0) is 48.6 Å². The number of carbonyl (C=O) groups is 1. The van der Waals surface area contributed by atoms with Gasteiger partial charge in [0, 0.05) is 56.5 Å². The van der Waals surface area contributed by atoms with Crippen LogP contribution in [-0.2, 0) is 21.2 Å². The molecule has 0 aliphatic carbocycles. The van der Waals surface area contributed by atoms with Gasteiger partial charge in [-0.25, -0.2) is 22.8 Å². The number of ketones is 1. The van der Waals surface area contributed by atoms with Crippen LogP contribution in [0.15, 0.2) is 70.4 Å². The normalized spacial score (nSPS) is 16.4. The van der Waals surface area contributed by atoms with Crippen molar-refractivity contribution in [3.63, 3.8) is 0 Å². The molecule has 0 unspecified atom stereocenters. The van der Waals surface area contributed by atoms with Crippen LogP contribution in [0.25, 0.3) is 22.1 Å². The summed E-state index contributed by atoms with van der Waals surface area (Å²) in [6.07, 6.45) is 4.52. The summed E-state index contributed by atoms with van der Waals surface area (Å²) in [6.45, 7) is 0.239. The number of fused-ring (bicyclic) bond motifs is 1. The van der Waals surface area contributed by atoms with Crippen molar-refractivity contribution in [3.8, 4) is 11.1 Å². The fraction of sp³-hybridized carbons (Fsp3) is 0.296. The summed E-state index contributed by atoms with van der Waals surface area (Å²) in [5.41, 5.74) is 2.33. The van der Waals surface area contributed by atoms with E-state index in [1.165, 1.54) is 16.4 Å². The van der Waals surface area contributed by atoms with Crippen LogP contribution < -0.4 is 4.90 Å². The number of Topliss-reactive ketones (excluding diaryl/α,β-unsaturated/α-hetero) is 1. The first-order valence-electron chi connectivity index (χ1n) is 12.1. The van der Waals surface area contributed by atoms with Crippen molar-refractivity contribution in [2.45, 2.75) is 36.8 Å². The van der Waals surface area contributed by atoms with Crippen LogP contribution in [0.5, 0.6) is 0 Å². The number of carbonyl (C=O) groups excluding carboxylic acids is 1. The molecule has 4 aromatic rings. The maximum absolute atomic E-state index is 14.6. The monoisotopic (exact) mass is 522 g/mol. The van der Waals surface area contributed by atoms with E-state index in [1.54, 1.807) is 53.7 Å². The smallest absolute Gasteiger partial charge is 0.277 e. The summed E-state index contributed by atoms with van der Waals surface area (Å²) < 4.78 is 48.1. The van der Waals surface area contributed by atoms with Gasteiger partial charge in [-0.1, -0.05) is 24.3 Å². The number of benzene rings is 2. The van der Waals surface area contributed by atoms with Crippen LogP contribution in [-0.4, -0.2) is 55.2 Å². The Balaban J connectivity index is 1.31. The molecular weight excluding hydrogens is 495 g/mol. The molecule has 5 rings (SSSR count). The van der Waals surface area contributed by atoms with Gasteiger partial charge < -0.3 is 9.32 Å². The van der Waals surface area contributed by atoms with E-state index in [2.05, 4.69) is 9.97 Å². The van der Waals surface area contributed by atoms with Crippen LogP contribution in [0.1, 0.15) is 24.8 Å². The minimum atomic E-state index is -3.98. The van der Waals surface area contributed by atoms with E-state index in [-0.39, 0.29) is 30.3 Å². The highest BCUT2D eigenvalue weighted by molar-refractivity contribution is 7.89. The number of nitrogens with zero attached hydrogens (tertiary/aromatic N) is 4. The molecule has 1 aliphatic heterocycles. The second-order valence-electron chi connectivity index (χ2n) is 9.32. The Morgan fingerprint density at radius 1 is 1.11 bits per heavy atom. The van der Waals surface area contributed by atoms with Gasteiger partial charge in [0.2, 0.25) is 11.0 Å². The average molecular weight is 523 g/mol. The number of sulfonamides is 1. The molecule has 10 heteroatoms. The number of halogens is 1. The largest absolute Gasteiger partial charge is 0.443 e. The molecule has 3 heterocycles. The lowest BCUT2D eigenvalue weighted by Gasteiger charge is -2.22. The lowest BCUT2D eigenvalue weighted by Crippen LogP contribution is -2.40. The van der Waals surface area contributed by atoms with Crippen LogP contribution in [0, 0.1) is 5.82 Å². The first-order chi connectivity index (χ1) is 17.7. The second-order valence-corrected chi connectivity index (χ2v) is 11.1. The van der Waals surface area contributed by atoms with Crippen molar-refractivity contribution >= 4 is 32.7 Å². The van der Waals surface area contributed by atoms with Crippen molar-refractivity contribution in [1.82, 2.24) is 14.3 Å². The third kappa shape index (κ3) is 4.99. The number of anilines is 1. The van der Waals surface area contributed by atoms with E-state index in [4.69, 9.17) is 4.42 Å². The zero-order valence-corrected chi connectivity index (χ0v) is 21.4. The lowest BCUT2D eigenvalue weighted by atomic mass is 9.99. The molecule has 2 aromatic heterocycles. The SMILES string of the molecule is CN(C)c1ncc(-c2ccc(F)c(CCC(=O)[C@@H]3CCCN3S(=O)(=O)c3cc4ccccc4o3)c2)cn1. The molecule has 8 nitrogen and oxygen atoms in total. The number of hydrogen-bond acceptors (Lipinski definition) is 7. The highest BCUT2D eigenvalue weighted by atomic mass is 32.2. The summed E-state index contributed by atoms with van der Waals surface area (Å²) in [5, 5.41) is 0.509. The van der Waals surface area contributed by atoms with Gasteiger partial charge >= 0.3 is 0 Å². The quantitative estimate of drug-likeness (QED) is 0.337. The van der Waals surface area contributed by atoms with Gasteiger partial charge in [-0.2, -0.15) is 4.31 Å². The van der Waals surface area contributed by atoms with Crippen molar-refractivity contribution in [2.75, 3.05) is 25.5 Å². The number of furan rings is 1. The van der Waals surface area contributed by atoms with Crippen molar-refractivity contribution in [2.24, 2.45) is 0 Å². The standard InChI is InChI=1S/C27H27FN4O4S/c1-31(2)27-29-16-21(17-30-27)18-9-11-22(28)19(14-18)10-12-24(33)23-7-5-13-32(23)37(34,35)26-15-20-6-3-4-8-25(20)36-26/h3-4,6,8-9,11,14-17,23H,5,7,10,12-13H2,1-2H3/t23-/m0/s1. The molecule has 1 saturated heterocycles. The summed E-state index contributed by atoms with van der Waals surface area (Å²) in [6, 6.07) is 12.4. The summed E-state index contributed by atoms with van der Waals surface area (Å²) >= 11 is 0. The van der Waals surface area contributed by atoms with Gasteiger partial charge in [-0.3, -0.25) is 4.79 Å². The molecule has 1 fully saturated rings. The Morgan fingerprint density at radius 2 is 1.86 bits per heavy atom. The minimum absolute atomic E-state index is 0.0211. The predicted octanol–water partition coefficient (Wildman–Crippen LogP) is 4.45. The summed E-state index contributed by atoms with van der Waals surface area (Å²) in [5.74, 6) is -0.0865. The Bertz CT molecular complexity index is 1520. The molecular formula is C27H27FN4O4S. The molecule has 0 saturated carbocycles. The molecule has 0 N–H and O–H groups in total. The van der Waals surface area contributed by atoms with E-state index in [1.807, 2.05) is 14.1 Å². The fourth-order valence-electron chi connectivity index (χ4n) is 4.62. The van der Waals surface area contributed by atoms with Crippen LogP contribution in [0.3, 0.4) is 0 Å². The maximum atomic E-state index is 14.6. The maximum Gasteiger partial charge on any atom is 0.277 e. The molecule has 0 radical (unpaired) electrons. The number of aromatic nitrogens is 2. The zero-order chi connectivity index (χ0) is 26.2. The van der Waals surface area contributed by atoms with Crippen LogP contribution in [0.2, 0.25) is 0 Å². The van der Waals surface area contributed by atoms with Gasteiger partial charge in [0.05, 0.1) is 6.04 Å². The van der Waals surface area contributed by atoms with Crippen LogP contribution in [0.4, 0.5) is 10.3 Å². The number of hydrogen-bond donors (Lipinski definition) is 0. The molecule has 37 heavy (non-hydrogen) atoms. The lowest BCUT2D eigenvalue weighted by molar-refractivity contribution is -0.122. The third-order valence-electron chi connectivity index (χ3n) is 6.60. The molecule has 2 aromatic carbocycles. The Morgan fingerprint density at radius 3 is 2.59 bits per heavy atom. The summed E-state index contributed by atoms with van der Waals surface area (Å²) in [4.78, 5) is 23.5. The second kappa shape index (κ2) is 10.0. The van der Waals surface area contributed by atoms with Gasteiger partial charge in [0.25, 0.3) is 10.0 Å². The third-order valence-corrected chi connectivity index (χ3v) is 8.36. The van der Waals surface area contributed by atoms with Crippen LogP contribution >= 0.6 is 0 Å². The molecule has 0 spiro atoms. The van der Waals surface area contributed by atoms with Gasteiger partial charge in [0.15, 0.2) is 5.78 Å². The van der Waals surface area contributed by atoms with E-state index in [0.717, 1.165) is 11.1 Å². The highest BCUT2D eigenvalue weighted by Crippen LogP contribution is 2.31. The topological polar surface area (TPSA) is 96.6 Å².